The number of fused-ring (bicyclic) bond motifs is 5. The molecular formula is C18H14Cl2N2O4. The highest BCUT2D eigenvalue weighted by Crippen LogP contribution is 2.52. The van der Waals surface area contributed by atoms with E-state index in [0.29, 0.717) is 5.56 Å². The van der Waals surface area contributed by atoms with Crippen molar-refractivity contribution in [3.63, 3.8) is 0 Å². The Hall–Kier alpha value is -2.18. The van der Waals surface area contributed by atoms with Gasteiger partial charge in [0, 0.05) is 6.92 Å². The Morgan fingerprint density at radius 1 is 1.15 bits per heavy atom. The number of rotatable bonds is 3. The summed E-state index contributed by atoms with van der Waals surface area (Å²) in [6.45, 7) is 1.24. The van der Waals surface area contributed by atoms with Gasteiger partial charge in [0.1, 0.15) is 0 Å². The van der Waals surface area contributed by atoms with Gasteiger partial charge >= 0.3 is 5.97 Å². The average Bonchev–Trinajstić information content (AvgIpc) is 3.24. The standard InChI is InChI=1S/C18H14Cl2N2O4/c1-8(23)26-16-12(19)4-9(5-13(16)20)7-21-22-17(24)14-10-2-3-11(6-10)15(14)18(22)25/h2-5,7,10-11,14-15H,6H2,1H3/t10-,11-,14-,15+/m0/s1. The van der Waals surface area contributed by atoms with E-state index in [4.69, 9.17) is 27.9 Å². The maximum atomic E-state index is 12.6. The number of allylic oxidation sites excluding steroid dienone is 2. The number of hydrogen-bond donors (Lipinski definition) is 0. The first kappa shape index (κ1) is 17.2. The molecule has 8 heteroatoms. The van der Waals surface area contributed by atoms with Gasteiger partial charge in [0.25, 0.3) is 11.8 Å². The van der Waals surface area contributed by atoms with Gasteiger partial charge in [-0.25, -0.2) is 0 Å². The number of carbonyl (C=O) groups excluding carboxylic acids is 3. The molecule has 4 atom stereocenters. The second-order valence-electron chi connectivity index (χ2n) is 6.64. The number of nitrogens with zero attached hydrogens (tertiary/aromatic N) is 2. The number of halogens is 2. The third-order valence-electron chi connectivity index (χ3n) is 5.04. The number of amides is 2. The molecule has 1 aliphatic heterocycles. The lowest BCUT2D eigenvalue weighted by molar-refractivity contribution is -0.140. The van der Waals surface area contributed by atoms with Crippen LogP contribution in [-0.2, 0) is 14.4 Å². The fraction of sp³-hybridized carbons (Fsp3) is 0.333. The normalized spacial score (nSPS) is 29.1. The molecule has 2 amide bonds. The quantitative estimate of drug-likeness (QED) is 0.260. The van der Waals surface area contributed by atoms with Crippen molar-refractivity contribution in [1.82, 2.24) is 5.01 Å². The highest BCUT2D eigenvalue weighted by molar-refractivity contribution is 6.37. The largest absolute Gasteiger partial charge is 0.424 e. The lowest BCUT2D eigenvalue weighted by Crippen LogP contribution is -2.28. The van der Waals surface area contributed by atoms with Crippen LogP contribution in [0.2, 0.25) is 10.0 Å². The Morgan fingerprint density at radius 3 is 2.19 bits per heavy atom. The molecule has 0 N–H and O–H groups in total. The summed E-state index contributed by atoms with van der Waals surface area (Å²) in [5.74, 6) is -1.34. The van der Waals surface area contributed by atoms with Crippen LogP contribution in [0, 0.1) is 23.7 Å². The fourth-order valence-corrected chi connectivity index (χ4v) is 4.60. The summed E-state index contributed by atoms with van der Waals surface area (Å²) in [5, 5.41) is 5.28. The Morgan fingerprint density at radius 2 is 1.69 bits per heavy atom. The molecule has 0 radical (unpaired) electrons. The molecule has 1 saturated carbocycles. The number of ether oxygens (including phenoxy) is 1. The van der Waals surface area contributed by atoms with E-state index in [-0.39, 0.29) is 51.3 Å². The molecule has 134 valence electrons. The first-order valence-electron chi connectivity index (χ1n) is 8.14. The molecule has 0 unspecified atom stereocenters. The summed E-state index contributed by atoms with van der Waals surface area (Å²) in [5.41, 5.74) is 0.481. The molecule has 2 aliphatic carbocycles. The second kappa shape index (κ2) is 6.21. The highest BCUT2D eigenvalue weighted by atomic mass is 35.5. The van der Waals surface area contributed by atoms with E-state index in [1.165, 1.54) is 25.3 Å². The minimum absolute atomic E-state index is 0.0588. The summed E-state index contributed by atoms with van der Waals surface area (Å²) in [7, 11) is 0. The molecule has 1 aromatic carbocycles. The average molecular weight is 393 g/mol. The van der Waals surface area contributed by atoms with Crippen LogP contribution in [0.4, 0.5) is 0 Å². The van der Waals surface area contributed by atoms with Gasteiger partial charge in [-0.05, 0) is 36.0 Å². The molecule has 3 aliphatic rings. The minimum atomic E-state index is -0.543. The summed E-state index contributed by atoms with van der Waals surface area (Å²) in [6.07, 6.45) is 6.27. The molecule has 26 heavy (non-hydrogen) atoms. The van der Waals surface area contributed by atoms with E-state index in [2.05, 4.69) is 5.10 Å². The number of benzene rings is 1. The topological polar surface area (TPSA) is 76.0 Å². The van der Waals surface area contributed by atoms with Gasteiger partial charge in [-0.15, -0.1) is 0 Å². The molecule has 6 nitrogen and oxygen atoms in total. The Bertz CT molecular complexity index is 842. The zero-order valence-corrected chi connectivity index (χ0v) is 15.2. The zero-order chi connectivity index (χ0) is 18.6. The predicted octanol–water partition coefficient (Wildman–Crippen LogP) is 3.06. The Kier molecular flexibility index (Phi) is 4.12. The van der Waals surface area contributed by atoms with Gasteiger partial charge < -0.3 is 4.74 Å². The minimum Gasteiger partial charge on any atom is -0.424 e. The predicted molar refractivity (Wildman–Crippen MR) is 94.9 cm³/mol. The van der Waals surface area contributed by atoms with Crippen LogP contribution in [0.25, 0.3) is 0 Å². The van der Waals surface area contributed by atoms with Gasteiger partial charge in [0.15, 0.2) is 5.75 Å². The Labute approximate surface area is 159 Å². The lowest BCUT2D eigenvalue weighted by atomic mass is 9.85. The van der Waals surface area contributed by atoms with Gasteiger partial charge in [0.2, 0.25) is 0 Å². The zero-order valence-electron chi connectivity index (χ0n) is 13.7. The molecule has 1 aromatic rings. The molecular weight excluding hydrogens is 379 g/mol. The number of hydrazone groups is 1. The van der Waals surface area contributed by atoms with Crippen molar-refractivity contribution >= 4 is 47.2 Å². The van der Waals surface area contributed by atoms with Crippen molar-refractivity contribution < 1.29 is 19.1 Å². The van der Waals surface area contributed by atoms with E-state index in [0.717, 1.165) is 11.4 Å². The number of carbonyl (C=O) groups is 3. The third-order valence-corrected chi connectivity index (χ3v) is 5.60. The molecule has 1 saturated heterocycles. The third kappa shape index (κ3) is 2.64. The number of hydrogen-bond acceptors (Lipinski definition) is 5. The van der Waals surface area contributed by atoms with Gasteiger partial charge in [-0.3, -0.25) is 14.4 Å². The molecule has 2 bridgehead atoms. The van der Waals surface area contributed by atoms with Crippen LogP contribution in [0.1, 0.15) is 18.9 Å². The van der Waals surface area contributed by atoms with Gasteiger partial charge in [-0.1, -0.05) is 35.4 Å². The molecule has 1 heterocycles. The van der Waals surface area contributed by atoms with Gasteiger partial charge in [0.05, 0.1) is 28.1 Å². The Balaban J connectivity index is 1.57. The molecule has 2 fully saturated rings. The van der Waals surface area contributed by atoms with Crippen LogP contribution >= 0.6 is 23.2 Å². The van der Waals surface area contributed by atoms with E-state index < -0.39 is 5.97 Å². The summed E-state index contributed by atoms with van der Waals surface area (Å²) < 4.78 is 4.95. The number of esters is 1. The fourth-order valence-electron chi connectivity index (χ4n) is 4.02. The summed E-state index contributed by atoms with van der Waals surface area (Å²) in [4.78, 5) is 36.2. The lowest BCUT2D eigenvalue weighted by Gasteiger charge is -2.13. The van der Waals surface area contributed by atoms with E-state index in [1.807, 2.05) is 12.2 Å². The molecule has 0 aromatic heterocycles. The monoisotopic (exact) mass is 392 g/mol. The smallest absolute Gasteiger partial charge is 0.308 e. The van der Waals surface area contributed by atoms with Crippen molar-refractivity contribution in [3.8, 4) is 5.75 Å². The van der Waals surface area contributed by atoms with Crippen molar-refractivity contribution in [2.75, 3.05) is 0 Å². The maximum Gasteiger partial charge on any atom is 0.308 e. The van der Waals surface area contributed by atoms with Crippen LogP contribution in [0.3, 0.4) is 0 Å². The summed E-state index contributed by atoms with van der Waals surface area (Å²) in [6, 6.07) is 2.98. The molecule has 0 spiro atoms. The molecule has 4 rings (SSSR count). The van der Waals surface area contributed by atoms with Crippen LogP contribution in [0.5, 0.6) is 5.75 Å². The number of imide groups is 1. The van der Waals surface area contributed by atoms with Crippen molar-refractivity contribution in [1.29, 1.82) is 0 Å². The van der Waals surface area contributed by atoms with Crippen molar-refractivity contribution in [2.24, 2.45) is 28.8 Å². The van der Waals surface area contributed by atoms with Crippen molar-refractivity contribution in [2.45, 2.75) is 13.3 Å². The SMILES string of the molecule is CC(=O)Oc1c(Cl)cc(C=NN2C(=O)[C@@H]3[C@H](C2=O)[C@H]2C=C[C@H]3C2)cc1Cl. The van der Waals surface area contributed by atoms with Gasteiger partial charge in [-0.2, -0.15) is 10.1 Å². The van der Waals surface area contributed by atoms with Crippen LogP contribution in [-0.4, -0.2) is 29.0 Å². The van der Waals surface area contributed by atoms with Crippen molar-refractivity contribution in [3.05, 3.63) is 39.9 Å². The first-order valence-corrected chi connectivity index (χ1v) is 8.90. The second-order valence-corrected chi connectivity index (χ2v) is 7.45. The van der Waals surface area contributed by atoms with Crippen LogP contribution < -0.4 is 4.74 Å². The first-order chi connectivity index (χ1) is 12.4. The van der Waals surface area contributed by atoms with Crippen LogP contribution in [0.15, 0.2) is 29.4 Å². The maximum absolute atomic E-state index is 12.6. The summed E-state index contributed by atoms with van der Waals surface area (Å²) >= 11 is 12.2. The van der Waals surface area contributed by atoms with E-state index in [1.54, 1.807) is 0 Å². The van der Waals surface area contributed by atoms with E-state index in [9.17, 15) is 14.4 Å². The highest BCUT2D eigenvalue weighted by Gasteiger charge is 2.59. The van der Waals surface area contributed by atoms with E-state index >= 15 is 0 Å².